The number of rotatable bonds is 11. The molecule has 4 heterocycles. The molecule has 1 saturated carbocycles. The number of hydrogen-bond acceptors (Lipinski definition) is 12. The molecule has 0 bridgehead atoms. The van der Waals surface area contributed by atoms with Gasteiger partial charge in [0, 0.05) is 36.9 Å². The van der Waals surface area contributed by atoms with Crippen molar-refractivity contribution in [3.05, 3.63) is 64.3 Å². The van der Waals surface area contributed by atoms with Gasteiger partial charge in [-0.3, -0.25) is 9.79 Å². The van der Waals surface area contributed by atoms with Gasteiger partial charge in [-0.15, -0.1) is 0 Å². The summed E-state index contributed by atoms with van der Waals surface area (Å²) in [6.45, 7) is 2.01. The summed E-state index contributed by atoms with van der Waals surface area (Å²) in [4.78, 5) is 30.1. The number of hydrogen-bond donors (Lipinski definition) is 5. The zero-order valence-electron chi connectivity index (χ0n) is 24.8. The molecule has 7 atom stereocenters. The van der Waals surface area contributed by atoms with Crippen molar-refractivity contribution in [3.63, 3.8) is 0 Å². The quantitative estimate of drug-likeness (QED) is 0.183. The minimum Gasteiger partial charge on any atom is -0.484 e. The van der Waals surface area contributed by atoms with Gasteiger partial charge < -0.3 is 39.6 Å². The summed E-state index contributed by atoms with van der Waals surface area (Å²) in [6, 6.07) is 4.65. The summed E-state index contributed by atoms with van der Waals surface area (Å²) in [5.41, 5.74) is -1.35. The van der Waals surface area contributed by atoms with E-state index in [-0.39, 0.29) is 23.9 Å². The lowest BCUT2D eigenvalue weighted by molar-refractivity contribution is -0.368. The fraction of sp³-hybridized carbons (Fsp3) is 0.562. The van der Waals surface area contributed by atoms with Crippen LogP contribution in [-0.4, -0.2) is 97.6 Å². The molecule has 4 aliphatic rings. The molecule has 1 aliphatic carbocycles. The Morgan fingerprint density at radius 3 is 2.73 bits per heavy atom. The van der Waals surface area contributed by atoms with Crippen LogP contribution in [0.3, 0.4) is 0 Å². The lowest BCUT2D eigenvalue weighted by Crippen LogP contribution is -2.64. The molecule has 0 saturated heterocycles. The Labute approximate surface area is 254 Å². The predicted octanol–water partition coefficient (Wildman–Crippen LogP) is 1.27. The van der Waals surface area contributed by atoms with Crippen LogP contribution in [-0.2, 0) is 16.2 Å². The van der Waals surface area contributed by atoms with E-state index in [1.807, 2.05) is 6.92 Å². The molecular formula is C32H40N2O10. The molecule has 44 heavy (non-hydrogen) atoms. The minimum atomic E-state index is -2.32. The van der Waals surface area contributed by atoms with Crippen molar-refractivity contribution in [3.8, 4) is 5.75 Å². The van der Waals surface area contributed by atoms with Gasteiger partial charge in [-0.25, -0.2) is 9.78 Å². The van der Waals surface area contributed by atoms with Crippen molar-refractivity contribution in [2.24, 2.45) is 10.9 Å². The van der Waals surface area contributed by atoms with Gasteiger partial charge in [0.1, 0.15) is 59.3 Å². The summed E-state index contributed by atoms with van der Waals surface area (Å²) < 4.78 is 12.4. The standard InChI is InChI=1S/C32H40N2O10/c1-18-11-24(36)21-12-19-13-29(31(2,20-5-3-4-6-20)43-26(19)14-27(21)42-18)44-41-16-28(38)32(40,30(39)25(37)15-35)17-34-10-8-22-23(34)7-9-33-22/h7-12,14,20,23,25,28-30,35,37-40H,3-6,13,15-17H2,1-2H3. The van der Waals surface area contributed by atoms with Crippen molar-refractivity contribution < 1.29 is 44.5 Å². The first-order valence-electron chi connectivity index (χ1n) is 15.1. The van der Waals surface area contributed by atoms with Crippen molar-refractivity contribution >= 4 is 16.7 Å². The second-order valence-electron chi connectivity index (χ2n) is 12.5. The number of aliphatic hydroxyl groups is 5. The number of aliphatic hydroxyl groups excluding tert-OH is 4. The Morgan fingerprint density at radius 1 is 1.20 bits per heavy atom. The summed E-state index contributed by atoms with van der Waals surface area (Å²) in [5, 5.41) is 53.8. The number of aryl methyl sites for hydroxylation is 1. The number of nitrogens with zero attached hydrogens (tertiary/aromatic N) is 2. The fourth-order valence-corrected chi connectivity index (χ4v) is 6.96. The zero-order chi connectivity index (χ0) is 31.2. The molecule has 0 radical (unpaired) electrons. The van der Waals surface area contributed by atoms with E-state index in [4.69, 9.17) is 18.9 Å². The highest BCUT2D eigenvalue weighted by Gasteiger charge is 2.51. The van der Waals surface area contributed by atoms with E-state index >= 15 is 0 Å². The van der Waals surface area contributed by atoms with Gasteiger partial charge in [0.25, 0.3) is 0 Å². The number of benzene rings is 1. The van der Waals surface area contributed by atoms with Gasteiger partial charge in [0.2, 0.25) is 0 Å². The molecular weight excluding hydrogens is 572 g/mol. The second-order valence-corrected chi connectivity index (χ2v) is 12.5. The van der Waals surface area contributed by atoms with Crippen LogP contribution >= 0.6 is 0 Å². The molecule has 0 spiro atoms. The first-order valence-corrected chi connectivity index (χ1v) is 15.1. The molecule has 3 aliphatic heterocycles. The first kappa shape index (κ1) is 30.9. The summed E-state index contributed by atoms with van der Waals surface area (Å²) in [5.74, 6) is 1.28. The van der Waals surface area contributed by atoms with Crippen LogP contribution in [0.4, 0.5) is 0 Å². The summed E-state index contributed by atoms with van der Waals surface area (Å²) >= 11 is 0. The second kappa shape index (κ2) is 12.0. The van der Waals surface area contributed by atoms with Crippen molar-refractivity contribution in [1.82, 2.24) is 4.90 Å². The zero-order valence-corrected chi connectivity index (χ0v) is 24.8. The number of aliphatic imine (C=N–C) groups is 1. The maximum atomic E-state index is 12.7. The normalized spacial score (nSPS) is 28.0. The Balaban J connectivity index is 1.21. The number of β-amino-alcohol motifs (C(OH)–C–C–N with tert-alkyl or cyclic N) is 1. The topological polar surface area (TPSA) is 175 Å². The molecule has 12 heteroatoms. The molecule has 7 unspecified atom stereocenters. The van der Waals surface area contributed by atoms with E-state index in [9.17, 15) is 30.3 Å². The third-order valence-electron chi connectivity index (χ3n) is 9.65. The average molecular weight is 613 g/mol. The Morgan fingerprint density at radius 2 is 1.98 bits per heavy atom. The lowest BCUT2D eigenvalue weighted by atomic mass is 9.78. The molecule has 0 amide bonds. The molecule has 12 nitrogen and oxygen atoms in total. The molecule has 1 aromatic carbocycles. The van der Waals surface area contributed by atoms with Crippen molar-refractivity contribution in [1.29, 1.82) is 0 Å². The van der Waals surface area contributed by atoms with Gasteiger partial charge in [0.15, 0.2) is 5.43 Å². The van der Waals surface area contributed by atoms with E-state index in [1.165, 1.54) is 6.07 Å². The summed E-state index contributed by atoms with van der Waals surface area (Å²) in [7, 11) is 0. The van der Waals surface area contributed by atoms with E-state index in [2.05, 4.69) is 4.99 Å². The predicted molar refractivity (Wildman–Crippen MR) is 159 cm³/mol. The molecule has 1 aromatic heterocycles. The first-order chi connectivity index (χ1) is 21.0. The van der Waals surface area contributed by atoms with Crippen LogP contribution in [0.15, 0.2) is 57.0 Å². The molecule has 5 N–H and O–H groups in total. The van der Waals surface area contributed by atoms with E-state index in [1.54, 1.807) is 48.5 Å². The summed E-state index contributed by atoms with van der Waals surface area (Å²) in [6.07, 6.45) is 5.20. The van der Waals surface area contributed by atoms with Gasteiger partial charge in [-0.2, -0.15) is 0 Å². The minimum absolute atomic E-state index is 0.158. The van der Waals surface area contributed by atoms with Crippen LogP contribution in [0.2, 0.25) is 0 Å². The van der Waals surface area contributed by atoms with E-state index < -0.39 is 48.8 Å². The van der Waals surface area contributed by atoms with E-state index in [0.29, 0.717) is 28.9 Å². The van der Waals surface area contributed by atoms with Gasteiger partial charge >= 0.3 is 0 Å². The molecule has 238 valence electrons. The number of fused-ring (bicyclic) bond motifs is 3. The Kier molecular flexibility index (Phi) is 8.44. The largest absolute Gasteiger partial charge is 0.484 e. The van der Waals surface area contributed by atoms with Gasteiger partial charge in [0.05, 0.1) is 30.3 Å². The highest BCUT2D eigenvalue weighted by atomic mass is 17.2. The lowest BCUT2D eigenvalue weighted by Gasteiger charge is -2.45. The van der Waals surface area contributed by atoms with Crippen LogP contribution in [0, 0.1) is 12.8 Å². The van der Waals surface area contributed by atoms with Gasteiger partial charge in [-0.1, -0.05) is 12.8 Å². The monoisotopic (exact) mass is 612 g/mol. The highest BCUT2D eigenvalue weighted by Crippen LogP contribution is 2.46. The van der Waals surface area contributed by atoms with Crippen molar-refractivity contribution in [2.45, 2.75) is 87.6 Å². The van der Waals surface area contributed by atoms with Crippen LogP contribution in [0.5, 0.6) is 5.75 Å². The molecule has 2 aromatic rings. The third kappa shape index (κ3) is 5.49. The van der Waals surface area contributed by atoms with Crippen molar-refractivity contribution in [2.75, 3.05) is 19.8 Å². The molecule has 6 rings (SSSR count). The highest BCUT2D eigenvalue weighted by molar-refractivity contribution is 6.04. The SMILES string of the molecule is Cc1cc(=O)c2cc3c(cc2o1)OC(C)(C1CCCC1)C(OOCC(O)C(O)(CN1C=CC2=NC=CC21)C(O)C(O)CO)C3. The Bertz CT molecular complexity index is 1530. The van der Waals surface area contributed by atoms with Crippen LogP contribution in [0.25, 0.3) is 11.0 Å². The Hall–Kier alpha value is -3.10. The van der Waals surface area contributed by atoms with Crippen LogP contribution in [0.1, 0.15) is 43.9 Å². The maximum Gasteiger partial charge on any atom is 0.192 e. The fourth-order valence-electron chi connectivity index (χ4n) is 6.96. The van der Waals surface area contributed by atoms with Crippen LogP contribution < -0.4 is 10.2 Å². The smallest absolute Gasteiger partial charge is 0.192 e. The molecule has 1 fully saturated rings. The van der Waals surface area contributed by atoms with E-state index in [0.717, 1.165) is 37.0 Å². The average Bonchev–Trinajstić information content (AvgIpc) is 3.77. The number of ether oxygens (including phenoxy) is 1. The maximum absolute atomic E-state index is 12.7. The van der Waals surface area contributed by atoms with Gasteiger partial charge in [-0.05, 0) is 50.5 Å². The third-order valence-corrected chi connectivity index (χ3v) is 9.65.